The van der Waals surface area contributed by atoms with Crippen LogP contribution in [0.4, 0.5) is 0 Å². The zero-order chi connectivity index (χ0) is 21.3. The van der Waals surface area contributed by atoms with Gasteiger partial charge in [0.25, 0.3) is 0 Å². The van der Waals surface area contributed by atoms with Gasteiger partial charge in [0, 0.05) is 12.3 Å². The molecule has 0 amide bonds. The van der Waals surface area contributed by atoms with Crippen molar-refractivity contribution in [2.24, 2.45) is 33.2 Å². The average Bonchev–Trinajstić information content (AvgIpc) is 2.67. The minimum atomic E-state index is -0.324. The molecule has 0 radical (unpaired) electrons. The molecule has 29 heavy (non-hydrogen) atoms. The number of hydrogen-bond donors (Lipinski definition) is 0. The molecule has 0 aromatic heterocycles. The van der Waals surface area contributed by atoms with E-state index >= 15 is 0 Å². The third-order valence-corrected chi connectivity index (χ3v) is 8.41. The maximum Gasteiger partial charge on any atom is 0.302 e. The van der Waals surface area contributed by atoms with Crippen LogP contribution in [0.1, 0.15) is 72.8 Å². The Kier molecular flexibility index (Phi) is 6.12. The monoisotopic (exact) mass is 399 g/mol. The van der Waals surface area contributed by atoms with Crippen LogP contribution in [0, 0.1) is 28.1 Å². The lowest BCUT2D eigenvalue weighted by molar-refractivity contribution is -0.154. The summed E-state index contributed by atoms with van der Waals surface area (Å²) in [5, 5.41) is 4.64. The van der Waals surface area contributed by atoms with E-state index in [1.807, 2.05) is 30.3 Å². The highest BCUT2D eigenvalue weighted by Crippen LogP contribution is 2.65. The number of oxime groups is 1. The van der Waals surface area contributed by atoms with Crippen molar-refractivity contribution in [3.63, 3.8) is 0 Å². The van der Waals surface area contributed by atoms with Gasteiger partial charge in [-0.2, -0.15) is 0 Å². The number of benzene rings is 1. The van der Waals surface area contributed by atoms with Crippen LogP contribution in [0.5, 0.6) is 0 Å². The molecule has 2 aliphatic rings. The fourth-order valence-electron chi connectivity index (χ4n) is 5.86. The summed E-state index contributed by atoms with van der Waals surface area (Å²) in [5.74, 6) is 1.02. The van der Waals surface area contributed by atoms with E-state index in [1.54, 1.807) is 0 Å². The van der Waals surface area contributed by atoms with Gasteiger partial charge in [0.15, 0.2) is 0 Å². The lowest BCUT2D eigenvalue weighted by Gasteiger charge is -2.63. The first-order valence-electron chi connectivity index (χ1n) is 11.0. The van der Waals surface area contributed by atoms with E-state index in [4.69, 9.17) is 9.57 Å². The highest BCUT2D eigenvalue weighted by Gasteiger charge is 2.62. The van der Waals surface area contributed by atoms with E-state index in [1.165, 1.54) is 13.3 Å². The topological polar surface area (TPSA) is 47.9 Å². The molecule has 0 saturated heterocycles. The van der Waals surface area contributed by atoms with Crippen molar-refractivity contribution in [3.05, 3.63) is 35.9 Å². The van der Waals surface area contributed by atoms with Crippen molar-refractivity contribution in [2.45, 2.75) is 73.8 Å². The summed E-state index contributed by atoms with van der Waals surface area (Å²) >= 11 is 0. The van der Waals surface area contributed by atoms with Gasteiger partial charge in [-0.05, 0) is 53.9 Å². The van der Waals surface area contributed by atoms with Crippen LogP contribution in [0.15, 0.2) is 35.5 Å². The zero-order valence-electron chi connectivity index (χ0n) is 19.0. The Balaban J connectivity index is 1.90. The molecule has 160 valence electrons. The zero-order valence-corrected chi connectivity index (χ0v) is 19.0. The van der Waals surface area contributed by atoms with Crippen molar-refractivity contribution < 1.29 is 14.4 Å². The molecule has 4 nitrogen and oxygen atoms in total. The minimum absolute atomic E-state index is 0.0195. The molecule has 0 spiro atoms. The first kappa shape index (κ1) is 21.9. The predicted octanol–water partition coefficient (Wildman–Crippen LogP) is 6.00. The number of carbonyl (C=O) groups excluding carboxylic acids is 1. The van der Waals surface area contributed by atoms with Crippen LogP contribution >= 0.6 is 0 Å². The molecule has 0 heterocycles. The minimum Gasteiger partial charge on any atom is -0.465 e. The molecule has 2 saturated carbocycles. The highest BCUT2D eigenvalue weighted by molar-refractivity contribution is 5.91. The predicted molar refractivity (Wildman–Crippen MR) is 116 cm³/mol. The molecule has 4 atom stereocenters. The van der Waals surface area contributed by atoms with Crippen molar-refractivity contribution in [2.75, 3.05) is 6.61 Å². The molecular formula is C25H37NO3. The standard InChI is InChI=1S/C25H37NO3/c1-18-14-15-24(5)21(23(18,3)4)12-13-22(25(24,6)17-28-19(2)27)26-29-16-20-10-8-7-9-11-20/h7-11,18,21H,12-17H2,1-6H3/b26-22+. The van der Waals surface area contributed by atoms with E-state index < -0.39 is 0 Å². The second kappa shape index (κ2) is 8.12. The number of fused-ring (bicyclic) bond motifs is 1. The van der Waals surface area contributed by atoms with Gasteiger partial charge in [-0.3, -0.25) is 4.79 Å². The lowest BCUT2D eigenvalue weighted by Crippen LogP contribution is -2.61. The molecule has 4 unspecified atom stereocenters. The lowest BCUT2D eigenvalue weighted by atomic mass is 9.41. The number of hydrogen-bond acceptors (Lipinski definition) is 4. The normalized spacial score (nSPS) is 35.0. The van der Waals surface area contributed by atoms with Crippen molar-refractivity contribution >= 4 is 11.7 Å². The molecule has 2 fully saturated rings. The Bertz CT molecular complexity index is 757. The molecule has 3 rings (SSSR count). The average molecular weight is 400 g/mol. The number of rotatable bonds is 5. The number of esters is 1. The fourth-order valence-corrected chi connectivity index (χ4v) is 5.86. The maximum atomic E-state index is 11.7. The summed E-state index contributed by atoms with van der Waals surface area (Å²) in [6.45, 7) is 14.2. The maximum absolute atomic E-state index is 11.7. The molecule has 0 N–H and O–H groups in total. The summed E-state index contributed by atoms with van der Waals surface area (Å²) in [6, 6.07) is 10.1. The molecule has 1 aromatic rings. The van der Waals surface area contributed by atoms with Crippen LogP contribution in [-0.2, 0) is 21.0 Å². The Morgan fingerprint density at radius 1 is 1.14 bits per heavy atom. The van der Waals surface area contributed by atoms with E-state index in [9.17, 15) is 4.79 Å². The van der Waals surface area contributed by atoms with Crippen LogP contribution < -0.4 is 0 Å². The summed E-state index contributed by atoms with van der Waals surface area (Å²) in [6.07, 6.45) is 4.31. The van der Waals surface area contributed by atoms with Crippen LogP contribution in [0.2, 0.25) is 0 Å². The van der Waals surface area contributed by atoms with Crippen molar-refractivity contribution in [1.29, 1.82) is 0 Å². The summed E-state index contributed by atoms with van der Waals surface area (Å²) < 4.78 is 5.61. The van der Waals surface area contributed by atoms with Gasteiger partial charge < -0.3 is 9.57 Å². The fraction of sp³-hybridized carbons (Fsp3) is 0.680. The van der Waals surface area contributed by atoms with Crippen LogP contribution in [-0.4, -0.2) is 18.3 Å². The quantitative estimate of drug-likeness (QED) is 0.450. The van der Waals surface area contributed by atoms with Gasteiger partial charge >= 0.3 is 5.97 Å². The third-order valence-electron chi connectivity index (χ3n) is 8.41. The van der Waals surface area contributed by atoms with Crippen molar-refractivity contribution in [1.82, 2.24) is 0 Å². The van der Waals surface area contributed by atoms with E-state index in [2.05, 4.69) is 39.8 Å². The first-order valence-corrected chi connectivity index (χ1v) is 11.0. The van der Waals surface area contributed by atoms with Gasteiger partial charge in [0.1, 0.15) is 13.2 Å². The van der Waals surface area contributed by atoms with E-state index in [-0.39, 0.29) is 22.2 Å². The summed E-state index contributed by atoms with van der Waals surface area (Å²) in [4.78, 5) is 17.5. The smallest absolute Gasteiger partial charge is 0.302 e. The van der Waals surface area contributed by atoms with E-state index in [0.29, 0.717) is 25.0 Å². The van der Waals surface area contributed by atoms with Gasteiger partial charge in [0.05, 0.1) is 5.71 Å². The Morgan fingerprint density at radius 2 is 1.83 bits per heavy atom. The highest BCUT2D eigenvalue weighted by atomic mass is 16.6. The molecule has 0 aliphatic heterocycles. The molecular weight excluding hydrogens is 362 g/mol. The molecule has 0 bridgehead atoms. The number of nitrogens with zero attached hydrogens (tertiary/aromatic N) is 1. The second-order valence-electron chi connectivity index (χ2n) is 10.2. The van der Waals surface area contributed by atoms with E-state index in [0.717, 1.165) is 30.5 Å². The second-order valence-corrected chi connectivity index (χ2v) is 10.2. The van der Waals surface area contributed by atoms with Gasteiger partial charge in [-0.1, -0.05) is 70.1 Å². The molecule has 2 aliphatic carbocycles. The molecule has 4 heteroatoms. The largest absolute Gasteiger partial charge is 0.465 e. The Hall–Kier alpha value is -1.84. The van der Waals surface area contributed by atoms with Gasteiger partial charge in [0.2, 0.25) is 0 Å². The number of carbonyl (C=O) groups is 1. The SMILES string of the molecule is CC(=O)OCC1(C)/C(=N/OCc2ccccc2)CCC2C(C)(C)C(C)CCC21C. The third kappa shape index (κ3) is 3.95. The molecule has 1 aromatic carbocycles. The Morgan fingerprint density at radius 3 is 2.48 bits per heavy atom. The van der Waals surface area contributed by atoms with Crippen molar-refractivity contribution in [3.8, 4) is 0 Å². The van der Waals surface area contributed by atoms with Crippen LogP contribution in [0.25, 0.3) is 0 Å². The van der Waals surface area contributed by atoms with Gasteiger partial charge in [-0.15, -0.1) is 0 Å². The Labute approximate surface area is 176 Å². The summed E-state index contributed by atoms with van der Waals surface area (Å²) in [5.41, 5.74) is 2.09. The first-order chi connectivity index (χ1) is 13.6. The van der Waals surface area contributed by atoms with Crippen LogP contribution in [0.3, 0.4) is 0 Å². The number of ether oxygens (including phenoxy) is 1. The summed E-state index contributed by atoms with van der Waals surface area (Å²) in [7, 11) is 0. The van der Waals surface area contributed by atoms with Gasteiger partial charge in [-0.25, -0.2) is 0 Å².